The lowest BCUT2D eigenvalue weighted by Gasteiger charge is -2.14. The van der Waals surface area contributed by atoms with Gasteiger partial charge in [0.15, 0.2) is 5.75 Å². The molecule has 0 radical (unpaired) electrons. The molecular formula is C32H23FN2O2. The summed E-state index contributed by atoms with van der Waals surface area (Å²) in [4.78, 5) is 0. The number of hydrogen-bond donors (Lipinski definition) is 0. The molecule has 0 saturated heterocycles. The van der Waals surface area contributed by atoms with E-state index in [4.69, 9.17) is 15.9 Å². The van der Waals surface area contributed by atoms with Gasteiger partial charge in [-0.05, 0) is 52.6 Å². The fraction of sp³-hybridized carbons (Fsp3) is 0.0625. The van der Waals surface area contributed by atoms with E-state index in [9.17, 15) is 4.39 Å². The van der Waals surface area contributed by atoms with Crippen LogP contribution in [0.25, 0.3) is 22.4 Å². The van der Waals surface area contributed by atoms with Crippen molar-refractivity contribution < 1.29 is 13.9 Å². The molecule has 0 unspecified atom stereocenters. The fourth-order valence-electron chi connectivity index (χ4n) is 3.91. The first-order valence-corrected chi connectivity index (χ1v) is 11.8. The normalized spacial score (nSPS) is 10.5. The molecule has 0 atom stereocenters. The van der Waals surface area contributed by atoms with Crippen LogP contribution >= 0.6 is 0 Å². The molecule has 0 bridgehead atoms. The summed E-state index contributed by atoms with van der Waals surface area (Å²) < 4.78 is 26.5. The highest BCUT2D eigenvalue weighted by Gasteiger charge is 2.16. The van der Waals surface area contributed by atoms with Crippen molar-refractivity contribution in [2.45, 2.75) is 13.2 Å². The summed E-state index contributed by atoms with van der Waals surface area (Å²) in [7, 11) is 0. The molecule has 180 valence electrons. The highest BCUT2D eigenvalue weighted by Crippen LogP contribution is 2.36. The van der Waals surface area contributed by atoms with E-state index < -0.39 is 0 Å². The Hall–Kier alpha value is -4.95. The monoisotopic (exact) mass is 486 g/mol. The predicted octanol–water partition coefficient (Wildman–Crippen LogP) is 7.09. The average molecular weight is 487 g/mol. The highest BCUT2D eigenvalue weighted by molar-refractivity contribution is 5.82. The third kappa shape index (κ3) is 5.83. The number of nitrogens with zero attached hydrogens (tertiary/aromatic N) is 2. The average Bonchev–Trinajstić information content (AvgIpc) is 2.96. The van der Waals surface area contributed by atoms with Gasteiger partial charge >= 0.3 is 0 Å². The molecule has 0 amide bonds. The van der Waals surface area contributed by atoms with E-state index in [0.717, 1.165) is 16.7 Å². The van der Waals surface area contributed by atoms with Crippen molar-refractivity contribution in [3.63, 3.8) is 0 Å². The molecule has 0 aliphatic carbocycles. The lowest BCUT2D eigenvalue weighted by molar-refractivity contribution is 0.244. The summed E-state index contributed by atoms with van der Waals surface area (Å²) >= 11 is 0. The largest absolute Gasteiger partial charge is 0.483 e. The fourth-order valence-corrected chi connectivity index (χ4v) is 3.91. The zero-order valence-corrected chi connectivity index (χ0v) is 20.0. The number of ether oxygens (including phenoxy) is 2. The number of hydrogen-bond acceptors (Lipinski definition) is 4. The maximum Gasteiger partial charge on any atom is 0.276 e. The Labute approximate surface area is 215 Å². The van der Waals surface area contributed by atoms with Crippen LogP contribution in [0, 0.1) is 18.2 Å². The molecule has 0 saturated carbocycles. The zero-order valence-electron chi connectivity index (χ0n) is 20.0. The van der Waals surface area contributed by atoms with Gasteiger partial charge in [-0.1, -0.05) is 78.7 Å². The minimum Gasteiger partial charge on any atom is -0.483 e. The maximum atomic E-state index is 14.3. The van der Waals surface area contributed by atoms with Crippen LogP contribution in [0.2, 0.25) is 0 Å². The molecule has 5 rings (SSSR count). The predicted molar refractivity (Wildman–Crippen MR) is 142 cm³/mol. The molecule has 0 N–H and O–H groups in total. The van der Waals surface area contributed by atoms with Gasteiger partial charge in [-0.25, -0.2) is 4.39 Å². The molecule has 1 aromatic heterocycles. The number of rotatable bonds is 8. The first kappa shape index (κ1) is 23.8. The molecule has 5 heteroatoms. The quantitative estimate of drug-likeness (QED) is 0.220. The van der Waals surface area contributed by atoms with Crippen LogP contribution in [0.15, 0.2) is 109 Å². The number of halogens is 1. The van der Waals surface area contributed by atoms with Crippen LogP contribution in [0.4, 0.5) is 4.39 Å². The van der Waals surface area contributed by atoms with Gasteiger partial charge < -0.3 is 9.47 Å². The first-order valence-electron chi connectivity index (χ1n) is 11.8. The Kier molecular flexibility index (Phi) is 7.19. The van der Waals surface area contributed by atoms with Crippen LogP contribution in [-0.4, -0.2) is 10.2 Å². The second kappa shape index (κ2) is 11.2. The van der Waals surface area contributed by atoms with Crippen LogP contribution in [0.1, 0.15) is 16.7 Å². The number of terminal acetylenes is 1. The second-order valence-electron chi connectivity index (χ2n) is 8.36. The van der Waals surface area contributed by atoms with Crippen molar-refractivity contribution in [3.05, 3.63) is 132 Å². The van der Waals surface area contributed by atoms with Crippen molar-refractivity contribution >= 4 is 0 Å². The van der Waals surface area contributed by atoms with Gasteiger partial charge in [-0.3, -0.25) is 0 Å². The Morgan fingerprint density at radius 3 is 2.08 bits per heavy atom. The van der Waals surface area contributed by atoms with Crippen LogP contribution in [-0.2, 0) is 13.2 Å². The number of benzene rings is 4. The summed E-state index contributed by atoms with van der Waals surface area (Å²) in [6, 6.07) is 33.4. The summed E-state index contributed by atoms with van der Waals surface area (Å²) in [5.74, 6) is 2.99. The summed E-state index contributed by atoms with van der Waals surface area (Å²) in [5, 5.41) is 8.77. The van der Waals surface area contributed by atoms with Gasteiger partial charge in [-0.15, -0.1) is 16.6 Å². The zero-order chi connectivity index (χ0) is 25.5. The minimum absolute atomic E-state index is 0.279. The van der Waals surface area contributed by atoms with Crippen molar-refractivity contribution in [1.82, 2.24) is 10.2 Å². The van der Waals surface area contributed by atoms with Gasteiger partial charge in [-0.2, -0.15) is 0 Å². The standard InChI is InChI=1S/C32H23FN2O2/c1-2-23-14-9-15-26(18-23)29-19-27(33)16-17-28(29)30-20-31(36-21-24-10-5-3-6-11-24)32(35-34-30)37-22-25-12-7-4-8-13-25/h1,3-20H,21-22H2. The molecule has 5 aromatic rings. The van der Waals surface area contributed by atoms with E-state index in [2.05, 4.69) is 16.1 Å². The van der Waals surface area contributed by atoms with Crippen molar-refractivity contribution in [2.75, 3.05) is 0 Å². The maximum absolute atomic E-state index is 14.3. The summed E-state index contributed by atoms with van der Waals surface area (Å²) in [6.45, 7) is 0.644. The van der Waals surface area contributed by atoms with Crippen LogP contribution < -0.4 is 9.47 Å². The van der Waals surface area contributed by atoms with Gasteiger partial charge in [0.2, 0.25) is 0 Å². The van der Waals surface area contributed by atoms with Gasteiger partial charge in [0.05, 0.1) is 5.69 Å². The van der Waals surface area contributed by atoms with Crippen molar-refractivity contribution in [2.24, 2.45) is 0 Å². The van der Waals surface area contributed by atoms with Crippen LogP contribution in [0.3, 0.4) is 0 Å². The molecule has 4 nitrogen and oxygen atoms in total. The Morgan fingerprint density at radius 2 is 1.38 bits per heavy atom. The van der Waals surface area contributed by atoms with Gasteiger partial charge in [0.25, 0.3) is 5.88 Å². The SMILES string of the molecule is C#Cc1cccc(-c2cc(F)ccc2-c2cc(OCc3ccccc3)c(OCc3ccccc3)nn2)c1. The smallest absolute Gasteiger partial charge is 0.276 e. The molecule has 37 heavy (non-hydrogen) atoms. The summed E-state index contributed by atoms with van der Waals surface area (Å²) in [5.41, 5.74) is 5.36. The molecule has 1 heterocycles. The lowest BCUT2D eigenvalue weighted by Crippen LogP contribution is -2.04. The molecule has 0 aliphatic heterocycles. The molecule has 0 spiro atoms. The van der Waals surface area contributed by atoms with Crippen molar-refractivity contribution in [1.29, 1.82) is 0 Å². The van der Waals surface area contributed by atoms with Crippen molar-refractivity contribution in [3.8, 4) is 46.4 Å². The van der Waals surface area contributed by atoms with E-state index in [1.54, 1.807) is 12.1 Å². The Bertz CT molecular complexity index is 1550. The van der Waals surface area contributed by atoms with E-state index >= 15 is 0 Å². The highest BCUT2D eigenvalue weighted by atomic mass is 19.1. The topological polar surface area (TPSA) is 44.2 Å². The lowest BCUT2D eigenvalue weighted by atomic mass is 9.96. The van der Waals surface area contributed by atoms with E-state index in [-0.39, 0.29) is 11.7 Å². The molecular weight excluding hydrogens is 463 g/mol. The van der Waals surface area contributed by atoms with E-state index in [0.29, 0.717) is 41.3 Å². The molecule has 4 aromatic carbocycles. The minimum atomic E-state index is -0.360. The van der Waals surface area contributed by atoms with E-state index in [1.807, 2.05) is 84.9 Å². The molecule has 0 aliphatic rings. The molecule has 0 fully saturated rings. The van der Waals surface area contributed by atoms with Gasteiger partial charge in [0.1, 0.15) is 19.0 Å². The van der Waals surface area contributed by atoms with E-state index in [1.165, 1.54) is 12.1 Å². The Morgan fingerprint density at radius 1 is 0.676 bits per heavy atom. The third-order valence-corrected chi connectivity index (χ3v) is 5.78. The Balaban J connectivity index is 1.52. The second-order valence-corrected chi connectivity index (χ2v) is 8.36. The number of aromatic nitrogens is 2. The third-order valence-electron chi connectivity index (χ3n) is 5.78. The van der Waals surface area contributed by atoms with Gasteiger partial charge in [0, 0.05) is 17.2 Å². The first-order chi connectivity index (χ1) is 18.2. The summed E-state index contributed by atoms with van der Waals surface area (Å²) in [6.07, 6.45) is 5.59. The van der Waals surface area contributed by atoms with Crippen LogP contribution in [0.5, 0.6) is 11.6 Å².